The van der Waals surface area contributed by atoms with E-state index < -0.39 is 5.38 Å². The van der Waals surface area contributed by atoms with Crippen molar-refractivity contribution in [1.29, 1.82) is 0 Å². The van der Waals surface area contributed by atoms with Crippen LogP contribution in [0.25, 0.3) is 0 Å². The fraction of sp³-hybridized carbons (Fsp3) is 0.222. The minimum atomic E-state index is -0.810. The zero-order valence-corrected chi connectivity index (χ0v) is 9.69. The second kappa shape index (κ2) is 4.75. The summed E-state index contributed by atoms with van der Waals surface area (Å²) in [6.07, 6.45) is 0. The number of carbonyl (C=O) groups is 1. The molecule has 1 atom stereocenters. The Morgan fingerprint density at radius 3 is 2.79 bits per heavy atom. The highest BCUT2D eigenvalue weighted by Gasteiger charge is 2.18. The lowest BCUT2D eigenvalue weighted by Gasteiger charge is -2.09. The van der Waals surface area contributed by atoms with Crippen LogP contribution >= 0.6 is 27.5 Å². The van der Waals surface area contributed by atoms with E-state index in [0.717, 1.165) is 0 Å². The summed E-state index contributed by atoms with van der Waals surface area (Å²) in [5.74, 6) is -0.694. The third-order valence-corrected chi connectivity index (χ3v) is 2.83. The second-order valence-electron chi connectivity index (χ2n) is 2.64. The number of halogens is 3. The summed E-state index contributed by atoms with van der Waals surface area (Å²) in [4.78, 5) is 11.2. The molecule has 0 heterocycles. The molecule has 0 aliphatic carbocycles. The molecule has 2 nitrogen and oxygen atoms in total. The molecule has 0 radical (unpaired) electrons. The fourth-order valence-corrected chi connectivity index (χ4v) is 1.99. The Bertz CT molecular complexity index is 359. The van der Waals surface area contributed by atoms with Crippen LogP contribution in [0.3, 0.4) is 0 Å². The van der Waals surface area contributed by atoms with Crippen molar-refractivity contribution in [3.8, 4) is 0 Å². The normalized spacial score (nSPS) is 12.3. The van der Waals surface area contributed by atoms with E-state index in [-0.39, 0.29) is 11.7 Å². The topological polar surface area (TPSA) is 29.1 Å². The predicted octanol–water partition coefficient (Wildman–Crippen LogP) is 2.61. The zero-order valence-electron chi connectivity index (χ0n) is 7.35. The van der Waals surface area contributed by atoms with Crippen LogP contribution in [0, 0.1) is 5.82 Å². The summed E-state index contributed by atoms with van der Waals surface area (Å²) in [6.45, 7) is 0. The van der Waals surface area contributed by atoms with Gasteiger partial charge in [-0.2, -0.15) is 0 Å². The van der Waals surface area contributed by atoms with Gasteiger partial charge in [-0.05, 0) is 17.7 Å². The average Bonchev–Trinajstić information content (AvgIpc) is 2.15. The van der Waals surface area contributed by atoms with Gasteiger partial charge < -0.3 is 5.32 Å². The maximum Gasteiger partial charge on any atom is 0.242 e. The molecule has 76 valence electrons. The van der Waals surface area contributed by atoms with Crippen molar-refractivity contribution in [2.75, 3.05) is 7.05 Å². The summed E-state index contributed by atoms with van der Waals surface area (Å²) < 4.78 is 13.2. The molecule has 1 amide bonds. The highest BCUT2D eigenvalue weighted by atomic mass is 79.9. The number of benzene rings is 1. The molecule has 0 aliphatic heterocycles. The SMILES string of the molecule is CNC(=O)C(Cl)c1ccc(F)cc1Br. The number of amides is 1. The lowest BCUT2D eigenvalue weighted by molar-refractivity contribution is -0.120. The maximum absolute atomic E-state index is 12.7. The van der Waals surface area contributed by atoms with E-state index in [0.29, 0.717) is 10.0 Å². The molecule has 1 N–H and O–H groups in total. The lowest BCUT2D eigenvalue weighted by Crippen LogP contribution is -2.22. The van der Waals surface area contributed by atoms with Gasteiger partial charge in [0.15, 0.2) is 0 Å². The number of likely N-dealkylation sites (N-methyl/N-ethyl adjacent to an activating group) is 1. The van der Waals surface area contributed by atoms with Gasteiger partial charge in [0.05, 0.1) is 0 Å². The van der Waals surface area contributed by atoms with E-state index in [1.54, 1.807) is 0 Å². The first-order chi connectivity index (χ1) is 6.56. The number of carbonyl (C=O) groups excluding carboxylic acids is 1. The molecule has 0 bridgehead atoms. The van der Waals surface area contributed by atoms with Crippen molar-refractivity contribution in [3.05, 3.63) is 34.1 Å². The largest absolute Gasteiger partial charge is 0.358 e. The van der Waals surface area contributed by atoms with Crippen LogP contribution in [-0.2, 0) is 4.79 Å². The molecule has 0 fully saturated rings. The molecule has 5 heteroatoms. The van der Waals surface area contributed by atoms with Gasteiger partial charge in [-0.25, -0.2) is 4.39 Å². The quantitative estimate of drug-likeness (QED) is 0.829. The molecule has 1 aromatic rings. The van der Waals surface area contributed by atoms with Crippen molar-refractivity contribution in [2.45, 2.75) is 5.38 Å². The summed E-state index contributed by atoms with van der Waals surface area (Å²) in [5, 5.41) is 1.61. The third kappa shape index (κ3) is 2.45. The molecular formula is C9H8BrClFNO. The van der Waals surface area contributed by atoms with Crippen LogP contribution in [0.15, 0.2) is 22.7 Å². The van der Waals surface area contributed by atoms with Crippen molar-refractivity contribution in [3.63, 3.8) is 0 Å². The van der Waals surface area contributed by atoms with Gasteiger partial charge in [0, 0.05) is 11.5 Å². The number of alkyl halides is 1. The standard InChI is InChI=1S/C9H8BrClFNO/c1-13-9(14)8(11)6-3-2-5(12)4-7(6)10/h2-4,8H,1H3,(H,13,14). The first-order valence-corrected chi connectivity index (χ1v) is 5.10. The van der Waals surface area contributed by atoms with Crippen LogP contribution in [0.5, 0.6) is 0 Å². The van der Waals surface area contributed by atoms with E-state index in [2.05, 4.69) is 21.2 Å². The van der Waals surface area contributed by atoms with Gasteiger partial charge in [0.25, 0.3) is 0 Å². The Kier molecular flexibility index (Phi) is 3.89. The molecule has 1 rings (SSSR count). The Morgan fingerprint density at radius 2 is 2.29 bits per heavy atom. The first-order valence-electron chi connectivity index (χ1n) is 3.87. The van der Waals surface area contributed by atoms with Crippen LogP contribution in [0.2, 0.25) is 0 Å². The molecule has 0 saturated carbocycles. The Hall–Kier alpha value is -0.610. The second-order valence-corrected chi connectivity index (χ2v) is 3.93. The van der Waals surface area contributed by atoms with Gasteiger partial charge in [-0.3, -0.25) is 4.79 Å². The average molecular weight is 281 g/mol. The number of nitrogens with one attached hydrogen (secondary N) is 1. The van der Waals surface area contributed by atoms with Crippen LogP contribution in [0.1, 0.15) is 10.9 Å². The minimum absolute atomic E-state index is 0.320. The number of hydrogen-bond donors (Lipinski definition) is 1. The van der Waals surface area contributed by atoms with Gasteiger partial charge in [-0.1, -0.05) is 22.0 Å². The summed E-state index contributed by atoms with van der Waals surface area (Å²) in [6, 6.07) is 4.01. The van der Waals surface area contributed by atoms with Crippen molar-refractivity contribution >= 4 is 33.4 Å². The Labute approximate surface area is 94.6 Å². The fourth-order valence-electron chi connectivity index (χ4n) is 0.975. The van der Waals surface area contributed by atoms with Crippen LogP contribution in [-0.4, -0.2) is 13.0 Å². The molecular weight excluding hydrogens is 272 g/mol. The molecule has 1 unspecified atom stereocenters. The Balaban J connectivity index is 3.01. The highest BCUT2D eigenvalue weighted by molar-refractivity contribution is 9.10. The lowest BCUT2D eigenvalue weighted by atomic mass is 10.1. The summed E-state index contributed by atoms with van der Waals surface area (Å²) in [5.41, 5.74) is 0.549. The van der Waals surface area contributed by atoms with Crippen LogP contribution in [0.4, 0.5) is 4.39 Å². The smallest absolute Gasteiger partial charge is 0.242 e. The Morgan fingerprint density at radius 1 is 1.64 bits per heavy atom. The first kappa shape index (κ1) is 11.5. The molecule has 14 heavy (non-hydrogen) atoms. The van der Waals surface area contributed by atoms with E-state index >= 15 is 0 Å². The number of rotatable bonds is 2. The van der Waals surface area contributed by atoms with Crippen LogP contribution < -0.4 is 5.32 Å². The number of hydrogen-bond acceptors (Lipinski definition) is 1. The monoisotopic (exact) mass is 279 g/mol. The predicted molar refractivity (Wildman–Crippen MR) is 56.8 cm³/mol. The summed E-state index contributed by atoms with van der Waals surface area (Å²) >= 11 is 8.99. The van der Waals surface area contributed by atoms with E-state index in [9.17, 15) is 9.18 Å². The minimum Gasteiger partial charge on any atom is -0.358 e. The van der Waals surface area contributed by atoms with E-state index in [1.807, 2.05) is 0 Å². The van der Waals surface area contributed by atoms with Gasteiger partial charge in [-0.15, -0.1) is 11.6 Å². The van der Waals surface area contributed by atoms with Crippen molar-refractivity contribution in [1.82, 2.24) is 5.32 Å². The van der Waals surface area contributed by atoms with Gasteiger partial charge >= 0.3 is 0 Å². The van der Waals surface area contributed by atoms with Crippen molar-refractivity contribution < 1.29 is 9.18 Å². The van der Waals surface area contributed by atoms with Crippen molar-refractivity contribution in [2.24, 2.45) is 0 Å². The molecule has 0 aliphatic rings. The van der Waals surface area contributed by atoms with E-state index in [1.165, 1.54) is 25.2 Å². The summed E-state index contributed by atoms with van der Waals surface area (Å²) in [7, 11) is 1.50. The third-order valence-electron chi connectivity index (χ3n) is 1.71. The van der Waals surface area contributed by atoms with Gasteiger partial charge in [0.1, 0.15) is 11.2 Å². The molecule has 1 aromatic carbocycles. The molecule has 0 spiro atoms. The van der Waals surface area contributed by atoms with Gasteiger partial charge in [0.2, 0.25) is 5.91 Å². The highest BCUT2D eigenvalue weighted by Crippen LogP contribution is 2.28. The maximum atomic E-state index is 12.7. The molecule has 0 saturated heterocycles. The van der Waals surface area contributed by atoms with E-state index in [4.69, 9.17) is 11.6 Å². The zero-order chi connectivity index (χ0) is 10.7. The molecule has 0 aromatic heterocycles.